The fourth-order valence-corrected chi connectivity index (χ4v) is 4.90. The second-order valence-corrected chi connectivity index (χ2v) is 9.16. The van der Waals surface area contributed by atoms with Crippen molar-refractivity contribution in [1.29, 1.82) is 0 Å². The third-order valence-electron chi connectivity index (χ3n) is 6.83. The first kappa shape index (κ1) is 22.4. The molecular formula is C26H34N4O2. The lowest BCUT2D eigenvalue weighted by Gasteiger charge is -2.32. The Hall–Kier alpha value is -2.76. The maximum Gasteiger partial charge on any atom is 0.227 e. The molecule has 1 atom stereocenters. The van der Waals surface area contributed by atoms with Gasteiger partial charge in [0, 0.05) is 55.5 Å². The van der Waals surface area contributed by atoms with Gasteiger partial charge in [-0.2, -0.15) is 0 Å². The minimum Gasteiger partial charge on any atom is -0.342 e. The van der Waals surface area contributed by atoms with Crippen LogP contribution in [0.1, 0.15) is 66.4 Å². The molecule has 0 spiro atoms. The van der Waals surface area contributed by atoms with E-state index >= 15 is 0 Å². The summed E-state index contributed by atoms with van der Waals surface area (Å²) >= 11 is 0. The number of aromatic nitrogens is 2. The lowest BCUT2D eigenvalue weighted by Crippen LogP contribution is -2.39. The van der Waals surface area contributed by atoms with Crippen molar-refractivity contribution in [1.82, 2.24) is 19.8 Å². The van der Waals surface area contributed by atoms with Crippen LogP contribution in [0.5, 0.6) is 0 Å². The zero-order valence-corrected chi connectivity index (χ0v) is 19.3. The van der Waals surface area contributed by atoms with Gasteiger partial charge < -0.3 is 9.80 Å². The van der Waals surface area contributed by atoms with E-state index in [2.05, 4.69) is 12.1 Å². The fourth-order valence-electron chi connectivity index (χ4n) is 4.90. The lowest BCUT2D eigenvalue weighted by molar-refractivity contribution is -0.132. The molecule has 32 heavy (non-hydrogen) atoms. The van der Waals surface area contributed by atoms with Crippen molar-refractivity contribution in [3.63, 3.8) is 0 Å². The normalized spacial score (nSPS) is 18.8. The second-order valence-electron chi connectivity index (χ2n) is 9.16. The molecule has 3 heterocycles. The molecule has 0 N–H and O–H groups in total. The van der Waals surface area contributed by atoms with Gasteiger partial charge in [-0.3, -0.25) is 9.59 Å². The number of rotatable bonds is 6. The van der Waals surface area contributed by atoms with E-state index in [0.29, 0.717) is 19.4 Å². The Labute approximate surface area is 191 Å². The van der Waals surface area contributed by atoms with Crippen LogP contribution in [-0.4, -0.2) is 57.8 Å². The zero-order chi connectivity index (χ0) is 22.5. The molecule has 2 saturated heterocycles. The largest absolute Gasteiger partial charge is 0.342 e. The van der Waals surface area contributed by atoms with Gasteiger partial charge in [-0.15, -0.1) is 0 Å². The van der Waals surface area contributed by atoms with Gasteiger partial charge in [0.15, 0.2) is 0 Å². The van der Waals surface area contributed by atoms with Crippen molar-refractivity contribution in [2.75, 3.05) is 26.2 Å². The Bertz CT molecular complexity index is 931. The van der Waals surface area contributed by atoms with Gasteiger partial charge >= 0.3 is 0 Å². The van der Waals surface area contributed by atoms with E-state index in [-0.39, 0.29) is 17.7 Å². The maximum absolute atomic E-state index is 12.8. The summed E-state index contributed by atoms with van der Waals surface area (Å²) in [4.78, 5) is 39.0. The molecule has 2 fully saturated rings. The number of hydrogen-bond acceptors (Lipinski definition) is 4. The molecule has 2 aliphatic rings. The van der Waals surface area contributed by atoms with Crippen LogP contribution >= 0.6 is 0 Å². The van der Waals surface area contributed by atoms with Crippen LogP contribution in [0.3, 0.4) is 0 Å². The van der Waals surface area contributed by atoms with Gasteiger partial charge in [0.2, 0.25) is 11.8 Å². The number of nitrogens with zero attached hydrogens (tertiary/aromatic N) is 4. The molecule has 2 amide bonds. The van der Waals surface area contributed by atoms with Crippen LogP contribution in [0, 0.1) is 13.8 Å². The summed E-state index contributed by atoms with van der Waals surface area (Å²) in [6.07, 6.45) is 5.85. The molecule has 0 saturated carbocycles. The number of hydrogen-bond donors (Lipinski definition) is 0. The molecule has 0 unspecified atom stereocenters. The zero-order valence-electron chi connectivity index (χ0n) is 19.3. The summed E-state index contributed by atoms with van der Waals surface area (Å²) in [6.45, 7) is 7.19. The topological polar surface area (TPSA) is 66.4 Å². The van der Waals surface area contributed by atoms with Gasteiger partial charge in [-0.1, -0.05) is 30.3 Å². The third kappa shape index (κ3) is 5.34. The van der Waals surface area contributed by atoms with Crippen LogP contribution < -0.4 is 0 Å². The highest BCUT2D eigenvalue weighted by Crippen LogP contribution is 2.27. The summed E-state index contributed by atoms with van der Waals surface area (Å²) in [5, 5.41) is 0. The van der Waals surface area contributed by atoms with E-state index < -0.39 is 0 Å². The van der Waals surface area contributed by atoms with Crippen molar-refractivity contribution in [3.05, 3.63) is 58.7 Å². The van der Waals surface area contributed by atoms with Crippen LogP contribution in [0.4, 0.5) is 0 Å². The monoisotopic (exact) mass is 434 g/mol. The molecule has 6 heteroatoms. The van der Waals surface area contributed by atoms with Crippen molar-refractivity contribution in [2.45, 2.75) is 64.7 Å². The molecule has 6 nitrogen and oxygen atoms in total. The fraction of sp³-hybridized carbons (Fsp3) is 0.538. The van der Waals surface area contributed by atoms with Crippen molar-refractivity contribution in [3.8, 4) is 0 Å². The Morgan fingerprint density at radius 3 is 2.25 bits per heavy atom. The highest BCUT2D eigenvalue weighted by molar-refractivity contribution is 5.79. The molecule has 4 rings (SSSR count). The van der Waals surface area contributed by atoms with E-state index in [4.69, 9.17) is 9.97 Å². The van der Waals surface area contributed by atoms with Crippen LogP contribution in [0.15, 0.2) is 30.3 Å². The Morgan fingerprint density at radius 1 is 0.906 bits per heavy atom. The molecule has 2 aromatic rings. The number of piperidine rings is 1. The molecular weight excluding hydrogens is 400 g/mol. The molecule has 170 valence electrons. The van der Waals surface area contributed by atoms with Gasteiger partial charge in [-0.25, -0.2) is 9.97 Å². The minimum atomic E-state index is 0.158. The second kappa shape index (κ2) is 10.2. The van der Waals surface area contributed by atoms with E-state index in [1.807, 2.05) is 41.8 Å². The lowest BCUT2D eigenvalue weighted by atomic mass is 9.95. The van der Waals surface area contributed by atoms with E-state index in [1.165, 1.54) is 5.56 Å². The van der Waals surface area contributed by atoms with Crippen LogP contribution in [-0.2, 0) is 22.4 Å². The summed E-state index contributed by atoms with van der Waals surface area (Å²) in [5.74, 6) is 1.36. The number of carbonyl (C=O) groups excluding carboxylic acids is 2. The molecule has 1 aromatic carbocycles. The first-order valence-corrected chi connectivity index (χ1v) is 11.9. The first-order valence-electron chi connectivity index (χ1n) is 11.9. The smallest absolute Gasteiger partial charge is 0.227 e. The van der Waals surface area contributed by atoms with E-state index in [9.17, 15) is 9.59 Å². The molecule has 0 aliphatic carbocycles. The standard InChI is InChI=1S/C26H34N4O2/c1-19-23(17-25(32)29-14-6-7-15-29)20(2)28-26(27-19)22-11-8-16-30(18-22)24(31)13-12-21-9-4-3-5-10-21/h3-5,9-10,22H,6-8,11-18H2,1-2H3/t22-/m1/s1. The van der Waals surface area contributed by atoms with Gasteiger partial charge in [0.25, 0.3) is 0 Å². The predicted molar refractivity (Wildman–Crippen MR) is 124 cm³/mol. The number of carbonyl (C=O) groups is 2. The molecule has 1 aromatic heterocycles. The Kier molecular flexibility index (Phi) is 7.18. The van der Waals surface area contributed by atoms with Crippen LogP contribution in [0.2, 0.25) is 0 Å². The highest BCUT2D eigenvalue weighted by Gasteiger charge is 2.28. The first-order chi connectivity index (χ1) is 15.5. The summed E-state index contributed by atoms with van der Waals surface area (Å²) < 4.78 is 0. The molecule has 2 aliphatic heterocycles. The number of aryl methyl sites for hydroxylation is 3. The van der Waals surface area contributed by atoms with Gasteiger partial charge in [0.05, 0.1) is 6.42 Å². The quantitative estimate of drug-likeness (QED) is 0.697. The number of benzene rings is 1. The third-order valence-corrected chi connectivity index (χ3v) is 6.83. The predicted octanol–water partition coefficient (Wildman–Crippen LogP) is 3.60. The van der Waals surface area contributed by atoms with Crippen molar-refractivity contribution in [2.24, 2.45) is 0 Å². The van der Waals surface area contributed by atoms with Gasteiger partial charge in [0.1, 0.15) is 5.82 Å². The van der Waals surface area contributed by atoms with Crippen molar-refractivity contribution >= 4 is 11.8 Å². The van der Waals surface area contributed by atoms with Gasteiger partial charge in [-0.05, 0) is 51.5 Å². The average molecular weight is 435 g/mol. The average Bonchev–Trinajstić information content (AvgIpc) is 3.35. The molecule has 0 bridgehead atoms. The Balaban J connectivity index is 1.39. The van der Waals surface area contributed by atoms with Crippen LogP contribution in [0.25, 0.3) is 0 Å². The van der Waals surface area contributed by atoms with Crippen molar-refractivity contribution < 1.29 is 9.59 Å². The number of amides is 2. The van der Waals surface area contributed by atoms with E-state index in [1.54, 1.807) is 0 Å². The summed E-state index contributed by atoms with van der Waals surface area (Å²) in [7, 11) is 0. The maximum atomic E-state index is 12.8. The Morgan fingerprint density at radius 2 is 1.56 bits per heavy atom. The number of likely N-dealkylation sites (tertiary alicyclic amines) is 2. The van der Waals surface area contributed by atoms with E-state index in [0.717, 1.165) is 74.5 Å². The minimum absolute atomic E-state index is 0.158. The molecule has 0 radical (unpaired) electrons. The highest BCUT2D eigenvalue weighted by atomic mass is 16.2. The summed E-state index contributed by atoms with van der Waals surface area (Å²) in [5.41, 5.74) is 3.94. The SMILES string of the molecule is Cc1nc([C@@H]2CCCN(C(=O)CCc3ccccc3)C2)nc(C)c1CC(=O)N1CCCC1. The summed E-state index contributed by atoms with van der Waals surface area (Å²) in [6, 6.07) is 10.2.